The quantitative estimate of drug-likeness (QED) is 0.614. The maximum atomic E-state index is 12.2. The Morgan fingerprint density at radius 2 is 1.80 bits per heavy atom. The molecule has 30 heavy (non-hydrogen) atoms. The number of rotatable bonds is 7. The van der Waals surface area contributed by atoms with Crippen LogP contribution in [0.25, 0.3) is 17.1 Å². The second-order valence-corrected chi connectivity index (χ2v) is 6.36. The van der Waals surface area contributed by atoms with Crippen molar-refractivity contribution in [3.05, 3.63) is 60.4 Å². The molecule has 0 bridgehead atoms. The monoisotopic (exact) mass is 420 g/mol. The van der Waals surface area contributed by atoms with E-state index in [1.165, 1.54) is 40.2 Å². The van der Waals surface area contributed by atoms with Gasteiger partial charge in [-0.3, -0.25) is 0 Å². The van der Waals surface area contributed by atoms with Gasteiger partial charge in [-0.25, -0.2) is 14.5 Å². The lowest BCUT2D eigenvalue weighted by atomic mass is 10.1. The summed E-state index contributed by atoms with van der Waals surface area (Å²) in [5, 5.41) is 13.4. The number of amides is 1. The van der Waals surface area contributed by atoms with Gasteiger partial charge < -0.3 is 14.7 Å². The molecule has 0 spiro atoms. The van der Waals surface area contributed by atoms with Gasteiger partial charge in [-0.15, -0.1) is 18.3 Å². The van der Waals surface area contributed by atoms with Crippen LogP contribution >= 0.6 is 0 Å². The van der Waals surface area contributed by atoms with Gasteiger partial charge in [0.15, 0.2) is 5.82 Å². The average Bonchev–Trinajstić information content (AvgIpc) is 3.18. The highest BCUT2D eigenvalue weighted by Crippen LogP contribution is 2.24. The highest BCUT2D eigenvalue weighted by Gasteiger charge is 2.31. The van der Waals surface area contributed by atoms with E-state index in [-0.39, 0.29) is 5.75 Å². The minimum atomic E-state index is -4.74. The Morgan fingerprint density at radius 1 is 1.13 bits per heavy atom. The number of halogens is 3. The molecule has 0 unspecified atom stereocenters. The van der Waals surface area contributed by atoms with Crippen LogP contribution in [0.5, 0.6) is 5.75 Å². The largest absolute Gasteiger partial charge is 0.573 e. The number of hydrogen-bond acceptors (Lipinski definition) is 4. The predicted molar refractivity (Wildman–Crippen MR) is 102 cm³/mol. The Morgan fingerprint density at radius 3 is 2.37 bits per heavy atom. The van der Waals surface area contributed by atoms with E-state index in [0.29, 0.717) is 31.0 Å². The number of hydrogen-bond donors (Lipinski definition) is 1. The maximum Gasteiger partial charge on any atom is 0.573 e. The van der Waals surface area contributed by atoms with Gasteiger partial charge in [-0.2, -0.15) is 0 Å². The summed E-state index contributed by atoms with van der Waals surface area (Å²) < 4.78 is 42.0. The van der Waals surface area contributed by atoms with Crippen LogP contribution in [0.2, 0.25) is 0 Å². The molecular weight excluding hydrogens is 401 g/mol. The minimum Gasteiger partial charge on any atom is -0.465 e. The molecule has 7 nitrogen and oxygen atoms in total. The van der Waals surface area contributed by atoms with Gasteiger partial charge in [0, 0.05) is 18.7 Å². The highest BCUT2D eigenvalue weighted by atomic mass is 19.4. The van der Waals surface area contributed by atoms with Crippen molar-refractivity contribution in [2.75, 3.05) is 13.1 Å². The SMILES string of the molecule is CCN(CCc1ccc(-c2ncn(-c3ccc(OC(F)(F)F)cc3)n2)cc1)C(=O)O. The third-order valence-electron chi connectivity index (χ3n) is 4.36. The molecule has 1 amide bonds. The Balaban J connectivity index is 1.66. The van der Waals surface area contributed by atoms with Crippen molar-refractivity contribution in [1.82, 2.24) is 19.7 Å². The summed E-state index contributed by atoms with van der Waals surface area (Å²) in [5.74, 6) is 0.143. The second kappa shape index (κ2) is 8.85. The van der Waals surface area contributed by atoms with E-state index in [1.54, 1.807) is 6.92 Å². The smallest absolute Gasteiger partial charge is 0.465 e. The van der Waals surface area contributed by atoms with Gasteiger partial charge in [0.25, 0.3) is 0 Å². The Kier molecular flexibility index (Phi) is 6.24. The number of ether oxygens (including phenoxy) is 1. The minimum absolute atomic E-state index is 0.313. The van der Waals surface area contributed by atoms with Crippen LogP contribution in [0, 0.1) is 0 Å². The molecule has 0 aliphatic carbocycles. The summed E-state index contributed by atoms with van der Waals surface area (Å²) >= 11 is 0. The number of likely N-dealkylation sites (N-methyl/N-ethyl adjacent to an activating group) is 1. The number of nitrogens with zero attached hydrogens (tertiary/aromatic N) is 4. The number of aromatic nitrogens is 3. The van der Waals surface area contributed by atoms with Crippen LogP contribution in [0.15, 0.2) is 54.9 Å². The normalized spacial score (nSPS) is 11.3. The summed E-state index contributed by atoms with van der Waals surface area (Å²) in [4.78, 5) is 16.6. The molecule has 1 heterocycles. The molecule has 2 aromatic carbocycles. The number of benzene rings is 2. The van der Waals surface area contributed by atoms with E-state index in [0.717, 1.165) is 11.1 Å². The Bertz CT molecular complexity index is 986. The zero-order chi connectivity index (χ0) is 21.7. The Labute approximate surface area is 170 Å². The zero-order valence-electron chi connectivity index (χ0n) is 16.0. The predicted octanol–water partition coefficient (Wildman–Crippen LogP) is 4.38. The summed E-state index contributed by atoms with van der Waals surface area (Å²) in [6.07, 6.45) is -3.62. The van der Waals surface area contributed by atoms with Crippen molar-refractivity contribution in [2.45, 2.75) is 19.7 Å². The molecule has 1 aromatic heterocycles. The van der Waals surface area contributed by atoms with Crippen molar-refractivity contribution < 1.29 is 27.8 Å². The van der Waals surface area contributed by atoms with E-state index >= 15 is 0 Å². The molecule has 0 saturated heterocycles. The number of alkyl halides is 3. The summed E-state index contributed by atoms with van der Waals surface area (Å²) in [6.45, 7) is 2.63. The van der Waals surface area contributed by atoms with E-state index < -0.39 is 12.5 Å². The van der Waals surface area contributed by atoms with Gasteiger partial charge >= 0.3 is 12.5 Å². The van der Waals surface area contributed by atoms with Gasteiger partial charge in [0.05, 0.1) is 5.69 Å². The number of carboxylic acid groups (broad SMARTS) is 1. The zero-order valence-corrected chi connectivity index (χ0v) is 16.0. The van der Waals surface area contributed by atoms with Crippen molar-refractivity contribution >= 4 is 6.09 Å². The molecule has 10 heteroatoms. The fourth-order valence-electron chi connectivity index (χ4n) is 2.79. The number of carbonyl (C=O) groups is 1. The van der Waals surface area contributed by atoms with Crippen molar-refractivity contribution in [2.24, 2.45) is 0 Å². The summed E-state index contributed by atoms with van der Waals surface area (Å²) in [7, 11) is 0. The van der Waals surface area contributed by atoms with Gasteiger partial charge in [-0.1, -0.05) is 24.3 Å². The third-order valence-corrected chi connectivity index (χ3v) is 4.36. The van der Waals surface area contributed by atoms with Crippen LogP contribution in [0.4, 0.5) is 18.0 Å². The molecule has 0 aliphatic rings. The fraction of sp³-hybridized carbons (Fsp3) is 0.250. The first-order valence-corrected chi connectivity index (χ1v) is 9.10. The molecule has 3 aromatic rings. The van der Waals surface area contributed by atoms with E-state index in [9.17, 15) is 18.0 Å². The molecular formula is C20H19F3N4O3. The van der Waals surface area contributed by atoms with Crippen molar-refractivity contribution in [3.63, 3.8) is 0 Å². The first kappa shape index (κ1) is 21.2. The Hall–Kier alpha value is -3.56. The molecule has 0 saturated carbocycles. The molecule has 0 fully saturated rings. The molecule has 158 valence electrons. The van der Waals surface area contributed by atoms with Crippen molar-refractivity contribution in [3.8, 4) is 22.8 Å². The lowest BCUT2D eigenvalue weighted by Crippen LogP contribution is -2.31. The molecule has 0 radical (unpaired) electrons. The standard InChI is InChI=1S/C20H19F3N4O3/c1-2-26(19(28)29)12-11-14-3-5-15(6-4-14)18-24-13-27(25-18)16-7-9-17(10-8-16)30-20(21,22)23/h3-10,13H,2,11-12H2,1H3,(H,28,29). The average molecular weight is 420 g/mol. The third kappa shape index (κ3) is 5.49. The van der Waals surface area contributed by atoms with Gasteiger partial charge in [0.1, 0.15) is 12.1 Å². The molecule has 0 aliphatic heterocycles. The van der Waals surface area contributed by atoms with Crippen LogP contribution < -0.4 is 4.74 Å². The van der Waals surface area contributed by atoms with E-state index in [1.807, 2.05) is 24.3 Å². The molecule has 3 rings (SSSR count). The fourth-order valence-corrected chi connectivity index (χ4v) is 2.79. The second-order valence-electron chi connectivity index (χ2n) is 6.36. The van der Waals surface area contributed by atoms with Crippen LogP contribution in [0.3, 0.4) is 0 Å². The topological polar surface area (TPSA) is 80.5 Å². The first-order valence-electron chi connectivity index (χ1n) is 9.10. The lowest BCUT2D eigenvalue weighted by molar-refractivity contribution is -0.274. The van der Waals surface area contributed by atoms with Crippen LogP contribution in [-0.4, -0.2) is 50.3 Å². The molecule has 1 N–H and O–H groups in total. The maximum absolute atomic E-state index is 12.2. The van der Waals surface area contributed by atoms with Crippen molar-refractivity contribution in [1.29, 1.82) is 0 Å². The summed E-state index contributed by atoms with van der Waals surface area (Å²) in [5.41, 5.74) is 2.28. The molecule has 0 atom stereocenters. The van der Waals surface area contributed by atoms with Gasteiger partial charge in [0.2, 0.25) is 0 Å². The van der Waals surface area contributed by atoms with Gasteiger partial charge in [-0.05, 0) is 43.2 Å². The highest BCUT2D eigenvalue weighted by molar-refractivity contribution is 5.64. The van der Waals surface area contributed by atoms with E-state index in [4.69, 9.17) is 5.11 Å². The van der Waals surface area contributed by atoms with Crippen LogP contribution in [-0.2, 0) is 6.42 Å². The lowest BCUT2D eigenvalue weighted by Gasteiger charge is -2.16. The van der Waals surface area contributed by atoms with Crippen LogP contribution in [0.1, 0.15) is 12.5 Å². The first-order chi connectivity index (χ1) is 14.2. The van der Waals surface area contributed by atoms with E-state index in [2.05, 4.69) is 14.8 Å². The summed E-state index contributed by atoms with van der Waals surface area (Å²) in [6, 6.07) is 12.8.